The predicted molar refractivity (Wildman–Crippen MR) is 77.7 cm³/mol. The Balaban J connectivity index is 2.37. The van der Waals surface area contributed by atoms with Crippen molar-refractivity contribution in [1.82, 2.24) is 5.32 Å². The van der Waals surface area contributed by atoms with Crippen molar-refractivity contribution in [2.75, 3.05) is 13.1 Å². The van der Waals surface area contributed by atoms with Gasteiger partial charge in [0.1, 0.15) is 0 Å². The summed E-state index contributed by atoms with van der Waals surface area (Å²) in [5, 5.41) is 13.4. The van der Waals surface area contributed by atoms with Crippen molar-refractivity contribution in [2.45, 2.75) is 64.4 Å². The fourth-order valence-electron chi connectivity index (χ4n) is 2.90. The van der Waals surface area contributed by atoms with Crippen LogP contribution in [0.3, 0.4) is 0 Å². The molecule has 0 aromatic heterocycles. The number of aliphatic hydroxyl groups is 1. The Morgan fingerprint density at radius 3 is 2.53 bits per heavy atom. The molecule has 1 fully saturated rings. The van der Waals surface area contributed by atoms with Crippen LogP contribution in [0.1, 0.15) is 58.8 Å². The summed E-state index contributed by atoms with van der Waals surface area (Å²) in [6, 6.07) is 0. The van der Waals surface area contributed by atoms with E-state index in [0.29, 0.717) is 13.1 Å². The van der Waals surface area contributed by atoms with E-state index in [4.69, 9.17) is 5.73 Å². The van der Waals surface area contributed by atoms with Gasteiger partial charge in [0.25, 0.3) is 0 Å². The lowest BCUT2D eigenvalue weighted by atomic mass is 9.78. The van der Waals surface area contributed by atoms with Crippen molar-refractivity contribution in [1.29, 1.82) is 0 Å². The Bertz CT molecular complexity index is 273. The van der Waals surface area contributed by atoms with Crippen LogP contribution in [0.15, 0.2) is 0 Å². The highest BCUT2D eigenvalue weighted by Gasteiger charge is 2.33. The monoisotopic (exact) mass is 270 g/mol. The van der Waals surface area contributed by atoms with Crippen molar-refractivity contribution in [3.8, 4) is 0 Å². The third-order valence-corrected chi connectivity index (χ3v) is 4.50. The molecule has 1 aliphatic rings. The third-order valence-electron chi connectivity index (χ3n) is 4.50. The number of nitrogens with two attached hydrogens (primary N) is 1. The van der Waals surface area contributed by atoms with E-state index in [1.807, 2.05) is 0 Å². The molecule has 1 saturated carbocycles. The highest BCUT2D eigenvalue weighted by atomic mass is 16.3. The average molecular weight is 270 g/mol. The number of carbonyl (C=O) groups is 1. The minimum Gasteiger partial charge on any atom is -0.388 e. The number of hydrogen-bond donors (Lipinski definition) is 3. The second-order valence-electron chi connectivity index (χ2n) is 6.02. The summed E-state index contributed by atoms with van der Waals surface area (Å²) in [6.07, 6.45) is 6.70. The van der Waals surface area contributed by atoms with E-state index in [2.05, 4.69) is 19.2 Å². The lowest BCUT2D eigenvalue weighted by Crippen LogP contribution is -2.47. The first kappa shape index (κ1) is 16.4. The predicted octanol–water partition coefficient (Wildman–Crippen LogP) is 1.81. The van der Waals surface area contributed by atoms with Gasteiger partial charge in [0.2, 0.25) is 5.91 Å². The molecule has 0 aromatic rings. The fraction of sp³-hybridized carbons (Fsp3) is 0.933. The minimum atomic E-state index is -0.702. The Morgan fingerprint density at radius 1 is 1.42 bits per heavy atom. The molecule has 0 saturated heterocycles. The van der Waals surface area contributed by atoms with Crippen LogP contribution in [0.5, 0.6) is 0 Å². The van der Waals surface area contributed by atoms with E-state index >= 15 is 0 Å². The summed E-state index contributed by atoms with van der Waals surface area (Å²) >= 11 is 0. The van der Waals surface area contributed by atoms with E-state index in [1.54, 1.807) is 0 Å². The minimum absolute atomic E-state index is 0.00427. The van der Waals surface area contributed by atoms with Crippen LogP contribution in [-0.2, 0) is 4.79 Å². The first-order valence-electron chi connectivity index (χ1n) is 7.74. The molecule has 0 aromatic carbocycles. The van der Waals surface area contributed by atoms with Gasteiger partial charge >= 0.3 is 0 Å². The molecular weight excluding hydrogens is 240 g/mol. The molecule has 1 amide bonds. The maximum absolute atomic E-state index is 12.0. The zero-order chi connectivity index (χ0) is 14.3. The van der Waals surface area contributed by atoms with Crippen molar-refractivity contribution in [3.63, 3.8) is 0 Å². The summed E-state index contributed by atoms with van der Waals surface area (Å²) in [7, 11) is 0. The van der Waals surface area contributed by atoms with Crippen molar-refractivity contribution in [3.05, 3.63) is 0 Å². The second kappa shape index (κ2) is 7.85. The van der Waals surface area contributed by atoms with E-state index < -0.39 is 5.60 Å². The zero-order valence-electron chi connectivity index (χ0n) is 12.5. The maximum atomic E-state index is 12.0. The Morgan fingerprint density at radius 2 is 2.05 bits per heavy atom. The average Bonchev–Trinajstić information content (AvgIpc) is 2.43. The SMILES string of the molecule is CCCC(CN)C(=O)NCC1(O)CCC(CC)CC1. The number of carbonyl (C=O) groups excluding carboxylic acids is 1. The summed E-state index contributed by atoms with van der Waals surface area (Å²) in [5.74, 6) is 0.629. The molecule has 4 nitrogen and oxygen atoms in total. The summed E-state index contributed by atoms with van der Waals surface area (Å²) in [4.78, 5) is 12.0. The van der Waals surface area contributed by atoms with Crippen LogP contribution >= 0.6 is 0 Å². The van der Waals surface area contributed by atoms with Gasteiger partial charge in [0.05, 0.1) is 11.5 Å². The molecule has 19 heavy (non-hydrogen) atoms. The molecular formula is C15H30N2O2. The van der Waals surface area contributed by atoms with E-state index in [0.717, 1.165) is 44.4 Å². The van der Waals surface area contributed by atoms with Gasteiger partial charge in [-0.3, -0.25) is 4.79 Å². The van der Waals surface area contributed by atoms with Gasteiger partial charge in [-0.1, -0.05) is 26.7 Å². The van der Waals surface area contributed by atoms with Crippen molar-refractivity contribution in [2.24, 2.45) is 17.6 Å². The van der Waals surface area contributed by atoms with E-state index in [-0.39, 0.29) is 11.8 Å². The van der Waals surface area contributed by atoms with Crippen LogP contribution in [0.2, 0.25) is 0 Å². The molecule has 0 spiro atoms. The topological polar surface area (TPSA) is 75.4 Å². The first-order chi connectivity index (χ1) is 9.04. The molecule has 0 heterocycles. The van der Waals surface area contributed by atoms with Crippen LogP contribution in [-0.4, -0.2) is 29.7 Å². The lowest BCUT2D eigenvalue weighted by molar-refractivity contribution is -0.126. The summed E-state index contributed by atoms with van der Waals surface area (Å²) in [5.41, 5.74) is 4.91. The van der Waals surface area contributed by atoms with Crippen LogP contribution in [0.4, 0.5) is 0 Å². The van der Waals surface area contributed by atoms with Crippen molar-refractivity contribution < 1.29 is 9.90 Å². The van der Waals surface area contributed by atoms with Gasteiger partial charge in [-0.25, -0.2) is 0 Å². The van der Waals surface area contributed by atoms with Gasteiger partial charge in [0.15, 0.2) is 0 Å². The molecule has 1 aliphatic carbocycles. The Kier molecular flexibility index (Phi) is 6.80. The standard InChI is InChI=1S/C15H30N2O2/c1-3-5-13(10-16)14(18)17-11-15(19)8-6-12(4-2)7-9-15/h12-13,19H,3-11,16H2,1-2H3,(H,17,18). The Labute approximate surface area is 117 Å². The van der Waals surface area contributed by atoms with Gasteiger partial charge in [-0.15, -0.1) is 0 Å². The third kappa shape index (κ3) is 5.11. The smallest absolute Gasteiger partial charge is 0.224 e. The lowest BCUT2D eigenvalue weighted by Gasteiger charge is -2.36. The highest BCUT2D eigenvalue weighted by molar-refractivity contribution is 5.78. The van der Waals surface area contributed by atoms with Gasteiger partial charge in [-0.2, -0.15) is 0 Å². The summed E-state index contributed by atoms with van der Waals surface area (Å²) in [6.45, 7) is 5.02. The highest BCUT2D eigenvalue weighted by Crippen LogP contribution is 2.33. The largest absolute Gasteiger partial charge is 0.388 e. The Hall–Kier alpha value is -0.610. The quantitative estimate of drug-likeness (QED) is 0.660. The van der Waals surface area contributed by atoms with Gasteiger partial charge < -0.3 is 16.2 Å². The molecule has 1 unspecified atom stereocenters. The molecule has 0 radical (unpaired) electrons. The van der Waals surface area contributed by atoms with Crippen LogP contribution in [0, 0.1) is 11.8 Å². The number of rotatable bonds is 7. The molecule has 1 atom stereocenters. The molecule has 1 rings (SSSR count). The fourth-order valence-corrected chi connectivity index (χ4v) is 2.90. The number of amides is 1. The number of nitrogens with one attached hydrogen (secondary N) is 1. The zero-order valence-corrected chi connectivity index (χ0v) is 12.5. The molecule has 0 aliphatic heterocycles. The molecule has 112 valence electrons. The van der Waals surface area contributed by atoms with Gasteiger partial charge in [0, 0.05) is 13.1 Å². The normalized spacial score (nSPS) is 28.9. The van der Waals surface area contributed by atoms with Gasteiger partial charge in [-0.05, 0) is 38.0 Å². The molecule has 4 heteroatoms. The van der Waals surface area contributed by atoms with Crippen LogP contribution < -0.4 is 11.1 Å². The van der Waals surface area contributed by atoms with E-state index in [9.17, 15) is 9.90 Å². The second-order valence-corrected chi connectivity index (χ2v) is 6.02. The van der Waals surface area contributed by atoms with Crippen molar-refractivity contribution >= 4 is 5.91 Å². The van der Waals surface area contributed by atoms with E-state index in [1.165, 1.54) is 6.42 Å². The number of hydrogen-bond acceptors (Lipinski definition) is 3. The maximum Gasteiger partial charge on any atom is 0.224 e. The summed E-state index contributed by atoms with van der Waals surface area (Å²) < 4.78 is 0. The molecule has 4 N–H and O–H groups in total. The first-order valence-corrected chi connectivity index (χ1v) is 7.74. The van der Waals surface area contributed by atoms with Crippen LogP contribution in [0.25, 0.3) is 0 Å². The molecule has 0 bridgehead atoms.